The van der Waals surface area contributed by atoms with Gasteiger partial charge in [0.15, 0.2) is 0 Å². The molecule has 2 N–H and O–H groups in total. The molecule has 0 amide bonds. The van der Waals surface area contributed by atoms with Crippen molar-refractivity contribution in [2.75, 3.05) is 0 Å². The van der Waals surface area contributed by atoms with Crippen LogP contribution in [-0.4, -0.2) is 17.1 Å². The number of fused-ring (bicyclic) bond motifs is 9. The van der Waals surface area contributed by atoms with Gasteiger partial charge in [-0.05, 0) is 81.0 Å². The van der Waals surface area contributed by atoms with Gasteiger partial charge in [-0.25, -0.2) is 0 Å². The van der Waals surface area contributed by atoms with Crippen molar-refractivity contribution >= 4 is 5.97 Å². The average Bonchev–Trinajstić information content (AvgIpc) is 3.24. The van der Waals surface area contributed by atoms with Crippen LogP contribution in [0.4, 0.5) is 0 Å². The summed E-state index contributed by atoms with van der Waals surface area (Å²) >= 11 is 0. The standard InChI is InChI=1S/C20H33NO2/c1-5-19(4,21)18(22)23-20(11(2)3)10-14-9-15(20)17-13-7-6-12(8-13)16(14)17/h11-17H,5-10,21H2,1-4H3. The molecule has 0 radical (unpaired) electrons. The Labute approximate surface area is 140 Å². The summed E-state index contributed by atoms with van der Waals surface area (Å²) in [6, 6.07) is 0. The third-order valence-corrected chi connectivity index (χ3v) is 8.28. The molecule has 0 aromatic carbocycles. The first-order chi connectivity index (χ1) is 10.8. The highest BCUT2D eigenvalue weighted by Gasteiger charge is 2.69. The van der Waals surface area contributed by atoms with E-state index in [0.717, 1.165) is 36.0 Å². The van der Waals surface area contributed by atoms with Gasteiger partial charge in [0.25, 0.3) is 0 Å². The summed E-state index contributed by atoms with van der Waals surface area (Å²) in [4.78, 5) is 12.7. The Morgan fingerprint density at radius 2 is 1.87 bits per heavy atom. The van der Waals surface area contributed by atoms with Crippen molar-refractivity contribution in [2.24, 2.45) is 47.2 Å². The highest BCUT2D eigenvalue weighted by Crippen LogP contribution is 2.71. The number of hydrogen-bond acceptors (Lipinski definition) is 3. The highest BCUT2D eigenvalue weighted by atomic mass is 16.6. The van der Waals surface area contributed by atoms with Gasteiger partial charge in [0, 0.05) is 5.92 Å². The van der Waals surface area contributed by atoms with Gasteiger partial charge in [-0.1, -0.05) is 20.8 Å². The van der Waals surface area contributed by atoms with Gasteiger partial charge >= 0.3 is 5.97 Å². The number of hydrogen-bond donors (Lipinski definition) is 1. The molecule has 0 aromatic heterocycles. The fourth-order valence-corrected chi connectivity index (χ4v) is 6.96. The smallest absolute Gasteiger partial charge is 0.326 e. The van der Waals surface area contributed by atoms with E-state index >= 15 is 0 Å². The molecule has 130 valence electrons. The summed E-state index contributed by atoms with van der Waals surface area (Å²) in [5.74, 6) is 5.25. The normalized spacial score (nSPS) is 49.5. The topological polar surface area (TPSA) is 52.3 Å². The first-order valence-corrected chi connectivity index (χ1v) is 9.82. The molecule has 0 heterocycles. The third-order valence-electron chi connectivity index (χ3n) is 8.28. The summed E-state index contributed by atoms with van der Waals surface area (Å²) < 4.78 is 6.30. The van der Waals surface area contributed by atoms with E-state index < -0.39 is 5.54 Å². The van der Waals surface area contributed by atoms with Crippen LogP contribution < -0.4 is 5.73 Å². The Hall–Kier alpha value is -0.570. The molecule has 0 aliphatic heterocycles. The minimum atomic E-state index is -0.849. The Balaban J connectivity index is 1.62. The van der Waals surface area contributed by atoms with E-state index in [9.17, 15) is 4.79 Å². The summed E-state index contributed by atoms with van der Waals surface area (Å²) in [6.07, 6.45) is 7.34. The molecule has 8 unspecified atom stereocenters. The number of rotatable bonds is 4. The molecule has 8 atom stereocenters. The van der Waals surface area contributed by atoms with Crippen LogP contribution >= 0.6 is 0 Å². The van der Waals surface area contributed by atoms with Crippen molar-refractivity contribution in [3.05, 3.63) is 0 Å². The maximum atomic E-state index is 12.7. The van der Waals surface area contributed by atoms with E-state index in [1.165, 1.54) is 25.7 Å². The lowest BCUT2D eigenvalue weighted by Gasteiger charge is -2.48. The van der Waals surface area contributed by atoms with E-state index in [1.807, 2.05) is 13.8 Å². The van der Waals surface area contributed by atoms with Crippen LogP contribution in [0.3, 0.4) is 0 Å². The van der Waals surface area contributed by atoms with Crippen molar-refractivity contribution in [3.63, 3.8) is 0 Å². The quantitative estimate of drug-likeness (QED) is 0.634. The second-order valence-electron chi connectivity index (χ2n) is 9.56. The zero-order valence-electron chi connectivity index (χ0n) is 15.2. The zero-order valence-corrected chi connectivity index (χ0v) is 15.2. The van der Waals surface area contributed by atoms with Crippen molar-refractivity contribution in [2.45, 2.75) is 77.4 Å². The second kappa shape index (κ2) is 4.97. The van der Waals surface area contributed by atoms with E-state index in [-0.39, 0.29) is 11.6 Å². The number of nitrogens with two attached hydrogens (primary N) is 1. The molecule has 4 bridgehead atoms. The Morgan fingerprint density at radius 3 is 2.48 bits per heavy atom. The van der Waals surface area contributed by atoms with Gasteiger partial charge in [0.05, 0.1) is 0 Å². The predicted octanol–water partition coefficient (Wildman–Crippen LogP) is 3.75. The lowest BCUT2D eigenvalue weighted by atomic mass is 9.63. The van der Waals surface area contributed by atoms with Crippen molar-refractivity contribution in [1.82, 2.24) is 0 Å². The lowest BCUT2D eigenvalue weighted by Crippen LogP contribution is -2.56. The van der Waals surface area contributed by atoms with Gasteiger partial charge < -0.3 is 10.5 Å². The lowest BCUT2D eigenvalue weighted by molar-refractivity contribution is -0.186. The minimum Gasteiger partial charge on any atom is -0.457 e. The van der Waals surface area contributed by atoms with Gasteiger partial charge in [0.2, 0.25) is 0 Å². The number of ether oxygens (including phenoxy) is 1. The van der Waals surface area contributed by atoms with Crippen LogP contribution in [0.2, 0.25) is 0 Å². The van der Waals surface area contributed by atoms with Crippen molar-refractivity contribution in [1.29, 1.82) is 0 Å². The molecule has 0 saturated heterocycles. The van der Waals surface area contributed by atoms with E-state index in [2.05, 4.69) is 13.8 Å². The number of carbonyl (C=O) groups excluding carboxylic acids is 1. The van der Waals surface area contributed by atoms with Crippen LogP contribution in [0.1, 0.15) is 66.2 Å². The Kier molecular flexibility index (Phi) is 3.44. The first kappa shape index (κ1) is 15.9. The molecule has 4 aliphatic rings. The minimum absolute atomic E-state index is 0.180. The van der Waals surface area contributed by atoms with Crippen LogP contribution in [0, 0.1) is 41.4 Å². The summed E-state index contributed by atoms with van der Waals surface area (Å²) in [7, 11) is 0. The maximum absolute atomic E-state index is 12.7. The Morgan fingerprint density at radius 1 is 1.22 bits per heavy atom. The second-order valence-corrected chi connectivity index (χ2v) is 9.56. The zero-order chi connectivity index (χ0) is 16.6. The van der Waals surface area contributed by atoms with E-state index in [4.69, 9.17) is 10.5 Å². The van der Waals surface area contributed by atoms with Gasteiger partial charge in [-0.3, -0.25) is 4.79 Å². The fraction of sp³-hybridized carbons (Fsp3) is 0.950. The highest BCUT2D eigenvalue weighted by molar-refractivity contribution is 5.80. The molecule has 4 saturated carbocycles. The van der Waals surface area contributed by atoms with E-state index in [0.29, 0.717) is 18.3 Å². The van der Waals surface area contributed by atoms with Gasteiger partial charge in [-0.15, -0.1) is 0 Å². The van der Waals surface area contributed by atoms with Crippen LogP contribution in [-0.2, 0) is 9.53 Å². The molecule has 0 spiro atoms. The number of carbonyl (C=O) groups is 1. The van der Waals surface area contributed by atoms with E-state index in [1.54, 1.807) is 0 Å². The monoisotopic (exact) mass is 319 g/mol. The van der Waals surface area contributed by atoms with Crippen LogP contribution in [0.5, 0.6) is 0 Å². The first-order valence-electron chi connectivity index (χ1n) is 9.82. The summed E-state index contributed by atoms with van der Waals surface area (Å²) in [5, 5.41) is 0. The average molecular weight is 319 g/mol. The molecule has 23 heavy (non-hydrogen) atoms. The van der Waals surface area contributed by atoms with Crippen molar-refractivity contribution in [3.8, 4) is 0 Å². The van der Waals surface area contributed by atoms with Crippen LogP contribution in [0.25, 0.3) is 0 Å². The van der Waals surface area contributed by atoms with Gasteiger partial charge in [0.1, 0.15) is 11.1 Å². The molecular formula is C20H33NO2. The molecule has 3 nitrogen and oxygen atoms in total. The molecule has 4 fully saturated rings. The molecule has 4 aliphatic carbocycles. The Bertz CT molecular complexity index is 514. The largest absolute Gasteiger partial charge is 0.457 e. The predicted molar refractivity (Wildman–Crippen MR) is 90.6 cm³/mol. The molecule has 3 heteroatoms. The van der Waals surface area contributed by atoms with Gasteiger partial charge in [-0.2, -0.15) is 0 Å². The number of esters is 1. The molecule has 4 rings (SSSR count). The SMILES string of the molecule is CCC(C)(N)C(=O)OC1(C(C)C)CC2CC1C1C3CCC(C3)C21. The molecule has 0 aromatic rings. The van der Waals surface area contributed by atoms with Crippen molar-refractivity contribution < 1.29 is 9.53 Å². The molecular weight excluding hydrogens is 286 g/mol. The summed E-state index contributed by atoms with van der Waals surface area (Å²) in [6.45, 7) is 8.28. The fourth-order valence-electron chi connectivity index (χ4n) is 6.96. The summed E-state index contributed by atoms with van der Waals surface area (Å²) in [5.41, 5.74) is 5.09. The third kappa shape index (κ3) is 2.01. The van der Waals surface area contributed by atoms with Crippen LogP contribution in [0.15, 0.2) is 0 Å². The maximum Gasteiger partial charge on any atom is 0.326 e.